The molecule has 0 radical (unpaired) electrons. The largest absolute Gasteiger partial charge is 0.506 e. The SMILES string of the molecule is CCCC(OC(=O)O)C(F)(F)F. The van der Waals surface area contributed by atoms with Crippen molar-refractivity contribution in [2.75, 3.05) is 0 Å². The third-order valence-electron chi connectivity index (χ3n) is 1.16. The van der Waals surface area contributed by atoms with Crippen molar-refractivity contribution in [2.45, 2.75) is 32.0 Å². The molecule has 0 bridgehead atoms. The normalized spacial score (nSPS) is 14.0. The summed E-state index contributed by atoms with van der Waals surface area (Å²) < 4.78 is 39.3. The molecule has 0 saturated carbocycles. The van der Waals surface area contributed by atoms with Crippen molar-refractivity contribution >= 4 is 6.16 Å². The van der Waals surface area contributed by atoms with Crippen molar-refractivity contribution in [3.63, 3.8) is 0 Å². The van der Waals surface area contributed by atoms with Gasteiger partial charge in [-0.25, -0.2) is 4.79 Å². The molecule has 72 valence electrons. The third kappa shape index (κ3) is 4.05. The molecule has 0 spiro atoms. The van der Waals surface area contributed by atoms with Crippen molar-refractivity contribution in [3.8, 4) is 0 Å². The van der Waals surface area contributed by atoms with E-state index in [1.54, 1.807) is 0 Å². The second-order valence-corrected chi connectivity index (χ2v) is 2.20. The number of alkyl halides is 3. The maximum atomic E-state index is 11.9. The van der Waals surface area contributed by atoms with Crippen molar-refractivity contribution in [1.82, 2.24) is 0 Å². The number of carbonyl (C=O) groups is 1. The average molecular weight is 186 g/mol. The standard InChI is InChI=1S/C6H9F3O3/c1-2-3-4(6(7,8)9)12-5(10)11/h4H,2-3H2,1H3,(H,10,11). The van der Waals surface area contributed by atoms with E-state index in [1.807, 2.05) is 0 Å². The molecule has 1 unspecified atom stereocenters. The summed E-state index contributed by atoms with van der Waals surface area (Å²) in [6, 6.07) is 0. The van der Waals surface area contributed by atoms with Gasteiger partial charge < -0.3 is 9.84 Å². The Balaban J connectivity index is 4.13. The first-order valence-corrected chi connectivity index (χ1v) is 3.34. The van der Waals surface area contributed by atoms with Crippen LogP contribution in [0.2, 0.25) is 0 Å². The first-order valence-electron chi connectivity index (χ1n) is 3.34. The average Bonchev–Trinajstić information content (AvgIpc) is 1.83. The van der Waals surface area contributed by atoms with Crippen LogP contribution in [-0.2, 0) is 4.74 Å². The van der Waals surface area contributed by atoms with Crippen molar-refractivity contribution < 1.29 is 27.8 Å². The molecule has 0 aliphatic rings. The molecule has 6 heteroatoms. The van der Waals surface area contributed by atoms with Gasteiger partial charge in [0.15, 0.2) is 0 Å². The summed E-state index contributed by atoms with van der Waals surface area (Å²) in [5, 5.41) is 7.95. The minimum atomic E-state index is -4.60. The van der Waals surface area contributed by atoms with Crippen LogP contribution in [0.1, 0.15) is 19.8 Å². The molecule has 3 nitrogen and oxygen atoms in total. The smallest absolute Gasteiger partial charge is 0.450 e. The Kier molecular flexibility index (Phi) is 3.85. The predicted octanol–water partition coefficient (Wildman–Crippen LogP) is 2.41. The molecule has 0 aromatic rings. The number of halogens is 3. The highest BCUT2D eigenvalue weighted by Crippen LogP contribution is 2.26. The van der Waals surface area contributed by atoms with Crippen LogP contribution >= 0.6 is 0 Å². The van der Waals surface area contributed by atoms with E-state index in [9.17, 15) is 18.0 Å². The van der Waals surface area contributed by atoms with Gasteiger partial charge in [-0.15, -0.1) is 0 Å². The van der Waals surface area contributed by atoms with Gasteiger partial charge in [-0.05, 0) is 6.42 Å². The van der Waals surface area contributed by atoms with Gasteiger partial charge in [0.1, 0.15) is 0 Å². The van der Waals surface area contributed by atoms with E-state index in [4.69, 9.17) is 5.11 Å². The molecule has 0 amide bonds. The Morgan fingerprint density at radius 1 is 1.58 bits per heavy atom. The van der Waals surface area contributed by atoms with E-state index < -0.39 is 18.4 Å². The molecule has 0 saturated heterocycles. The zero-order valence-corrected chi connectivity index (χ0v) is 6.39. The molecule has 0 rings (SSSR count). The zero-order chi connectivity index (χ0) is 9.78. The summed E-state index contributed by atoms with van der Waals surface area (Å²) in [4.78, 5) is 9.81. The fraction of sp³-hybridized carbons (Fsp3) is 0.833. The zero-order valence-electron chi connectivity index (χ0n) is 6.39. The topological polar surface area (TPSA) is 46.5 Å². The molecular formula is C6H9F3O3. The van der Waals surface area contributed by atoms with Crippen LogP contribution in [0.25, 0.3) is 0 Å². The van der Waals surface area contributed by atoms with E-state index >= 15 is 0 Å². The number of hydrogen-bond donors (Lipinski definition) is 1. The Morgan fingerprint density at radius 3 is 2.33 bits per heavy atom. The Bertz CT molecular complexity index is 155. The van der Waals surface area contributed by atoms with Gasteiger partial charge in [0, 0.05) is 0 Å². The van der Waals surface area contributed by atoms with Crippen LogP contribution < -0.4 is 0 Å². The van der Waals surface area contributed by atoms with Gasteiger partial charge >= 0.3 is 12.3 Å². The van der Waals surface area contributed by atoms with Crippen LogP contribution in [-0.4, -0.2) is 23.5 Å². The quantitative estimate of drug-likeness (QED) is 0.688. The summed E-state index contributed by atoms with van der Waals surface area (Å²) in [7, 11) is 0. The first kappa shape index (κ1) is 11.1. The molecule has 1 N–H and O–H groups in total. The summed E-state index contributed by atoms with van der Waals surface area (Å²) in [6.07, 6.45) is -8.81. The minimum Gasteiger partial charge on any atom is -0.450 e. The highest BCUT2D eigenvalue weighted by Gasteiger charge is 2.42. The third-order valence-corrected chi connectivity index (χ3v) is 1.16. The summed E-state index contributed by atoms with van der Waals surface area (Å²) in [6.45, 7) is 1.52. The highest BCUT2D eigenvalue weighted by molar-refractivity contribution is 5.57. The van der Waals surface area contributed by atoms with Gasteiger partial charge in [0.05, 0.1) is 0 Å². The van der Waals surface area contributed by atoms with Crippen LogP contribution in [0.3, 0.4) is 0 Å². The van der Waals surface area contributed by atoms with Gasteiger partial charge in [0.2, 0.25) is 6.10 Å². The monoisotopic (exact) mass is 186 g/mol. The van der Waals surface area contributed by atoms with E-state index in [0.29, 0.717) is 0 Å². The van der Waals surface area contributed by atoms with Crippen molar-refractivity contribution in [2.24, 2.45) is 0 Å². The predicted molar refractivity (Wildman–Crippen MR) is 33.9 cm³/mol. The number of rotatable bonds is 3. The molecule has 0 aromatic carbocycles. The second-order valence-electron chi connectivity index (χ2n) is 2.20. The van der Waals surface area contributed by atoms with Crippen LogP contribution in [0, 0.1) is 0 Å². The van der Waals surface area contributed by atoms with E-state index in [1.165, 1.54) is 6.92 Å². The highest BCUT2D eigenvalue weighted by atomic mass is 19.4. The van der Waals surface area contributed by atoms with Gasteiger partial charge in [-0.2, -0.15) is 13.2 Å². The van der Waals surface area contributed by atoms with Gasteiger partial charge in [-0.3, -0.25) is 0 Å². The Labute approximate surface area is 67.1 Å². The summed E-state index contributed by atoms with van der Waals surface area (Å²) in [5.41, 5.74) is 0. The molecular weight excluding hydrogens is 177 g/mol. The van der Waals surface area contributed by atoms with E-state index in [2.05, 4.69) is 4.74 Å². The maximum absolute atomic E-state index is 11.9. The first-order chi connectivity index (χ1) is 5.38. The molecule has 12 heavy (non-hydrogen) atoms. The molecule has 0 fully saturated rings. The number of hydrogen-bond acceptors (Lipinski definition) is 2. The molecule has 0 aromatic heterocycles. The van der Waals surface area contributed by atoms with Crippen LogP contribution in [0.4, 0.5) is 18.0 Å². The van der Waals surface area contributed by atoms with Gasteiger partial charge in [0.25, 0.3) is 0 Å². The van der Waals surface area contributed by atoms with E-state index in [0.717, 1.165) is 0 Å². The molecule has 0 aliphatic carbocycles. The minimum absolute atomic E-state index is 0.220. The lowest BCUT2D eigenvalue weighted by molar-refractivity contribution is -0.209. The van der Waals surface area contributed by atoms with Crippen LogP contribution in [0.5, 0.6) is 0 Å². The molecule has 0 aliphatic heterocycles. The molecule has 0 heterocycles. The maximum Gasteiger partial charge on any atom is 0.506 e. The molecule has 1 atom stereocenters. The lowest BCUT2D eigenvalue weighted by atomic mass is 10.2. The van der Waals surface area contributed by atoms with E-state index in [-0.39, 0.29) is 12.8 Å². The lowest BCUT2D eigenvalue weighted by Crippen LogP contribution is -2.33. The second kappa shape index (κ2) is 4.18. The summed E-state index contributed by atoms with van der Waals surface area (Å²) >= 11 is 0. The summed E-state index contributed by atoms with van der Waals surface area (Å²) in [5.74, 6) is 0. The van der Waals surface area contributed by atoms with Crippen LogP contribution in [0.15, 0.2) is 0 Å². The van der Waals surface area contributed by atoms with Crippen molar-refractivity contribution in [1.29, 1.82) is 0 Å². The fourth-order valence-electron chi connectivity index (χ4n) is 0.673. The van der Waals surface area contributed by atoms with Crippen molar-refractivity contribution in [3.05, 3.63) is 0 Å². The number of carboxylic acid groups (broad SMARTS) is 1. The lowest BCUT2D eigenvalue weighted by Gasteiger charge is -2.17. The fourth-order valence-corrected chi connectivity index (χ4v) is 0.673. The van der Waals surface area contributed by atoms with Gasteiger partial charge in [-0.1, -0.05) is 13.3 Å². The Morgan fingerprint density at radius 2 is 2.08 bits per heavy atom. The Hall–Kier alpha value is -0.940. The number of ether oxygens (including phenoxy) is 1.